The lowest BCUT2D eigenvalue weighted by molar-refractivity contribution is 0.00578. The molecule has 2 rings (SSSR count). The van der Waals surface area contributed by atoms with E-state index in [2.05, 4.69) is 4.98 Å². The van der Waals surface area contributed by atoms with Crippen molar-refractivity contribution in [1.82, 2.24) is 4.98 Å². The van der Waals surface area contributed by atoms with E-state index in [1.807, 2.05) is 27.7 Å². The van der Waals surface area contributed by atoms with Crippen LogP contribution < -0.4 is 10.6 Å². The van der Waals surface area contributed by atoms with Crippen LogP contribution in [-0.2, 0) is 19.3 Å². The van der Waals surface area contributed by atoms with Crippen molar-refractivity contribution in [2.75, 3.05) is 0 Å². The van der Waals surface area contributed by atoms with Crippen molar-refractivity contribution < 1.29 is 22.8 Å². The van der Waals surface area contributed by atoms with Gasteiger partial charge in [-0.3, -0.25) is 0 Å². The number of sulfonamides is 1. The number of rotatable bonds is 2. The number of pyridine rings is 1. The van der Waals surface area contributed by atoms with E-state index in [-0.39, 0.29) is 5.46 Å². The molecule has 2 heterocycles. The first-order chi connectivity index (χ1) is 8.96. The minimum atomic E-state index is -4.12. The van der Waals surface area contributed by atoms with Crippen molar-refractivity contribution in [3.63, 3.8) is 0 Å². The third-order valence-corrected chi connectivity index (χ3v) is 4.54. The van der Waals surface area contributed by atoms with Crippen molar-refractivity contribution in [3.05, 3.63) is 12.3 Å². The number of aromatic nitrogens is 1. The Morgan fingerprint density at radius 1 is 1.25 bits per heavy atom. The molecule has 0 spiro atoms. The Morgan fingerprint density at radius 3 is 2.20 bits per heavy atom. The Bertz CT molecular complexity index is 628. The second kappa shape index (κ2) is 4.42. The molecule has 9 heteroatoms. The SMILES string of the molecule is CC1(C)OB(c2ccnc(S(N)(=O)=O)c2O)OC1(C)C. The van der Waals surface area contributed by atoms with Crippen molar-refractivity contribution in [2.45, 2.75) is 43.9 Å². The lowest BCUT2D eigenvalue weighted by Crippen LogP contribution is -2.41. The summed E-state index contributed by atoms with van der Waals surface area (Å²) in [6.07, 6.45) is 1.24. The third kappa shape index (κ3) is 2.42. The van der Waals surface area contributed by atoms with Crippen molar-refractivity contribution in [1.29, 1.82) is 0 Å². The first-order valence-corrected chi connectivity index (χ1v) is 7.57. The molecule has 0 atom stereocenters. The quantitative estimate of drug-likeness (QED) is 0.727. The molecule has 0 amide bonds. The second-order valence-electron chi connectivity index (χ2n) is 5.69. The predicted octanol–water partition coefficient (Wildman–Crippen LogP) is -0.266. The lowest BCUT2D eigenvalue weighted by atomic mass is 9.79. The minimum absolute atomic E-state index is 0.183. The van der Waals surface area contributed by atoms with Gasteiger partial charge < -0.3 is 14.4 Å². The summed E-state index contributed by atoms with van der Waals surface area (Å²) in [6, 6.07) is 1.44. The Kier molecular flexibility index (Phi) is 3.37. The summed E-state index contributed by atoms with van der Waals surface area (Å²) in [6.45, 7) is 7.41. The zero-order chi connectivity index (χ0) is 15.3. The summed E-state index contributed by atoms with van der Waals surface area (Å²) in [5, 5.41) is 14.5. The topological polar surface area (TPSA) is 112 Å². The third-order valence-electron chi connectivity index (χ3n) is 3.70. The highest BCUT2D eigenvalue weighted by molar-refractivity contribution is 7.89. The Hall–Kier alpha value is -1.16. The van der Waals surface area contributed by atoms with Gasteiger partial charge in [0, 0.05) is 11.7 Å². The Morgan fingerprint density at radius 2 is 1.75 bits per heavy atom. The molecular weight excluding hydrogens is 283 g/mol. The molecule has 0 aliphatic carbocycles. The molecule has 110 valence electrons. The van der Waals surface area contributed by atoms with Gasteiger partial charge in [-0.1, -0.05) is 0 Å². The van der Waals surface area contributed by atoms with Crippen LogP contribution in [0.3, 0.4) is 0 Å². The molecular formula is C11H17BN2O5S. The first kappa shape index (κ1) is 15.2. The highest BCUT2D eigenvalue weighted by Crippen LogP contribution is 2.37. The van der Waals surface area contributed by atoms with Gasteiger partial charge in [-0.2, -0.15) is 0 Å². The monoisotopic (exact) mass is 300 g/mol. The number of nitrogens with zero attached hydrogens (tertiary/aromatic N) is 1. The summed E-state index contributed by atoms with van der Waals surface area (Å²) in [5.41, 5.74) is -1.02. The molecule has 1 fully saturated rings. The van der Waals surface area contributed by atoms with Crippen LogP contribution in [-0.4, -0.2) is 36.8 Å². The molecule has 1 aliphatic heterocycles. The maximum atomic E-state index is 11.3. The van der Waals surface area contributed by atoms with Gasteiger partial charge in [0.1, 0.15) is 0 Å². The first-order valence-electron chi connectivity index (χ1n) is 6.02. The summed E-state index contributed by atoms with van der Waals surface area (Å²) < 4.78 is 34.2. The number of nitrogens with two attached hydrogens (primary N) is 1. The maximum Gasteiger partial charge on any atom is 0.498 e. The molecule has 0 unspecified atom stereocenters. The van der Waals surface area contributed by atoms with Gasteiger partial charge in [0.2, 0.25) is 5.03 Å². The van der Waals surface area contributed by atoms with Crippen molar-refractivity contribution in [3.8, 4) is 5.75 Å². The minimum Gasteiger partial charge on any atom is -0.505 e. The molecule has 3 N–H and O–H groups in total. The summed E-state index contributed by atoms with van der Waals surface area (Å²) in [4.78, 5) is 3.58. The van der Waals surface area contributed by atoms with Gasteiger partial charge in [0.15, 0.2) is 5.75 Å². The van der Waals surface area contributed by atoms with Crippen LogP contribution in [0.2, 0.25) is 0 Å². The van der Waals surface area contributed by atoms with E-state index < -0.39 is 39.1 Å². The molecule has 0 aromatic carbocycles. The number of aromatic hydroxyl groups is 1. The number of primary sulfonamides is 1. The van der Waals surface area contributed by atoms with Gasteiger partial charge in [-0.05, 0) is 33.8 Å². The summed E-state index contributed by atoms with van der Waals surface area (Å²) in [5.74, 6) is -0.548. The van der Waals surface area contributed by atoms with E-state index in [4.69, 9.17) is 14.4 Å². The van der Waals surface area contributed by atoms with Gasteiger partial charge >= 0.3 is 7.12 Å². The molecule has 0 saturated carbocycles. The fourth-order valence-corrected chi connectivity index (χ4v) is 2.41. The van der Waals surface area contributed by atoms with Crippen molar-refractivity contribution >= 4 is 22.6 Å². The summed E-state index contributed by atoms with van der Waals surface area (Å²) >= 11 is 0. The van der Waals surface area contributed by atoms with E-state index in [1.165, 1.54) is 12.3 Å². The van der Waals surface area contributed by atoms with E-state index in [9.17, 15) is 13.5 Å². The summed E-state index contributed by atoms with van der Waals surface area (Å²) in [7, 11) is -5.00. The maximum absolute atomic E-state index is 11.3. The zero-order valence-corrected chi connectivity index (χ0v) is 12.6. The molecule has 1 aliphatic rings. The van der Waals surface area contributed by atoms with Crippen LogP contribution in [0.25, 0.3) is 0 Å². The molecule has 7 nitrogen and oxygen atoms in total. The molecule has 1 saturated heterocycles. The number of hydrogen-bond donors (Lipinski definition) is 2. The lowest BCUT2D eigenvalue weighted by Gasteiger charge is -2.32. The van der Waals surface area contributed by atoms with Crippen LogP contribution in [0.1, 0.15) is 27.7 Å². The fraction of sp³-hybridized carbons (Fsp3) is 0.545. The highest BCUT2D eigenvalue weighted by atomic mass is 32.2. The molecule has 0 bridgehead atoms. The average Bonchev–Trinajstić information content (AvgIpc) is 2.46. The van der Waals surface area contributed by atoms with Gasteiger partial charge in [0.05, 0.1) is 11.2 Å². The predicted molar refractivity (Wildman–Crippen MR) is 73.0 cm³/mol. The van der Waals surface area contributed by atoms with Gasteiger partial charge in [-0.15, -0.1) is 0 Å². The van der Waals surface area contributed by atoms with E-state index >= 15 is 0 Å². The average molecular weight is 300 g/mol. The van der Waals surface area contributed by atoms with Crippen LogP contribution in [0.15, 0.2) is 17.3 Å². The smallest absolute Gasteiger partial charge is 0.498 e. The molecule has 0 radical (unpaired) electrons. The Labute approximate surface area is 118 Å². The van der Waals surface area contributed by atoms with E-state index in [1.54, 1.807) is 0 Å². The highest BCUT2D eigenvalue weighted by Gasteiger charge is 2.52. The zero-order valence-electron chi connectivity index (χ0n) is 11.7. The Balaban J connectivity index is 2.47. The molecule has 1 aromatic heterocycles. The molecule has 1 aromatic rings. The van der Waals surface area contributed by atoms with Crippen LogP contribution in [0.4, 0.5) is 0 Å². The molecule has 20 heavy (non-hydrogen) atoms. The van der Waals surface area contributed by atoms with E-state index in [0.717, 1.165) is 0 Å². The fourth-order valence-electron chi connectivity index (χ4n) is 1.82. The van der Waals surface area contributed by atoms with E-state index in [0.29, 0.717) is 0 Å². The van der Waals surface area contributed by atoms with Gasteiger partial charge in [0.25, 0.3) is 10.0 Å². The second-order valence-corrected chi connectivity index (χ2v) is 7.16. The van der Waals surface area contributed by atoms with Crippen LogP contribution in [0.5, 0.6) is 5.75 Å². The van der Waals surface area contributed by atoms with Crippen molar-refractivity contribution in [2.24, 2.45) is 5.14 Å². The normalized spacial score (nSPS) is 21.1. The van der Waals surface area contributed by atoms with Crippen LogP contribution >= 0.6 is 0 Å². The standard InChI is InChI=1S/C11H17BN2O5S/c1-10(2)11(3,4)19-12(18-10)7-5-6-14-9(8(7)15)20(13,16)17/h5-6,15H,1-4H3,(H2,13,16,17). The van der Waals surface area contributed by atoms with Gasteiger partial charge in [-0.25, -0.2) is 18.5 Å². The number of hydrogen-bond acceptors (Lipinski definition) is 6. The van der Waals surface area contributed by atoms with Crippen LogP contribution in [0, 0.1) is 0 Å². The largest absolute Gasteiger partial charge is 0.505 e.